The molecule has 2 heterocycles. The molecule has 27 heavy (non-hydrogen) atoms. The summed E-state index contributed by atoms with van der Waals surface area (Å²) in [4.78, 5) is 13.2. The fraction of sp³-hybridized carbons (Fsp3) is 0.190. The second-order valence-corrected chi connectivity index (χ2v) is 6.81. The maximum absolute atomic E-state index is 13.2. The molecule has 0 aliphatic rings. The van der Waals surface area contributed by atoms with Gasteiger partial charge in [0.25, 0.3) is 5.91 Å². The molecule has 0 bridgehead atoms. The molecule has 4 aromatic rings. The Labute approximate surface area is 157 Å². The lowest BCUT2D eigenvalue weighted by molar-refractivity contribution is 0.0949. The molecule has 0 radical (unpaired) electrons. The van der Waals surface area contributed by atoms with E-state index in [1.165, 1.54) is 10.2 Å². The first kappa shape index (κ1) is 17.0. The minimum absolute atomic E-state index is 0.215. The maximum atomic E-state index is 13.2. The van der Waals surface area contributed by atoms with Gasteiger partial charge in [0.2, 0.25) is 0 Å². The number of rotatable bonds is 3. The summed E-state index contributed by atoms with van der Waals surface area (Å²) in [6.45, 7) is 6.43. The maximum Gasteiger partial charge on any atom is 0.282 e. The minimum Gasteiger partial charge on any atom is -0.382 e. The van der Waals surface area contributed by atoms with Gasteiger partial charge in [-0.15, -0.1) is 5.10 Å². The van der Waals surface area contributed by atoms with E-state index in [1.54, 1.807) is 0 Å². The van der Waals surface area contributed by atoms with Gasteiger partial charge in [0.05, 0.1) is 23.3 Å². The van der Waals surface area contributed by atoms with Crippen molar-refractivity contribution in [3.8, 4) is 0 Å². The van der Waals surface area contributed by atoms with Gasteiger partial charge in [-0.25, -0.2) is 0 Å². The number of nitrogens with zero attached hydrogens (tertiary/aromatic N) is 4. The highest BCUT2D eigenvalue weighted by Gasteiger charge is 2.23. The minimum atomic E-state index is -0.215. The number of fused-ring (bicyclic) bond motifs is 1. The summed E-state index contributed by atoms with van der Waals surface area (Å²) in [6, 6.07) is 15.8. The summed E-state index contributed by atoms with van der Waals surface area (Å²) in [5, 5.41) is 9.62. The van der Waals surface area contributed by atoms with E-state index < -0.39 is 0 Å². The number of hydrogen-bond acceptors (Lipinski definition) is 4. The number of nitrogen functional groups attached to an aromatic ring is 1. The number of nitrogens with two attached hydrogens (primary N) is 1. The third kappa shape index (κ3) is 2.89. The van der Waals surface area contributed by atoms with E-state index in [0.29, 0.717) is 29.1 Å². The highest BCUT2D eigenvalue weighted by atomic mass is 16.2. The van der Waals surface area contributed by atoms with Gasteiger partial charge in [-0.2, -0.15) is 9.78 Å². The zero-order chi connectivity index (χ0) is 19.1. The first-order chi connectivity index (χ1) is 13.0. The van der Waals surface area contributed by atoms with Crippen LogP contribution >= 0.6 is 0 Å². The number of para-hydroxylation sites is 1. The van der Waals surface area contributed by atoms with Gasteiger partial charge in [-0.05, 0) is 38.5 Å². The van der Waals surface area contributed by atoms with Crippen molar-refractivity contribution < 1.29 is 4.79 Å². The third-order valence-corrected chi connectivity index (χ3v) is 4.86. The molecule has 6 nitrogen and oxygen atoms in total. The Morgan fingerprint density at radius 3 is 2.44 bits per heavy atom. The van der Waals surface area contributed by atoms with E-state index in [-0.39, 0.29) is 5.91 Å². The Hall–Kier alpha value is -3.41. The lowest BCUT2D eigenvalue weighted by Gasteiger charge is -2.06. The Morgan fingerprint density at radius 1 is 1.00 bits per heavy atom. The summed E-state index contributed by atoms with van der Waals surface area (Å²) in [5.41, 5.74) is 11.1. The van der Waals surface area contributed by atoms with Gasteiger partial charge in [0.1, 0.15) is 0 Å². The Morgan fingerprint density at radius 2 is 1.70 bits per heavy atom. The Bertz CT molecular complexity index is 1150. The molecule has 0 aliphatic heterocycles. The van der Waals surface area contributed by atoms with Crippen LogP contribution in [-0.4, -0.2) is 25.5 Å². The number of carbonyl (C=O) groups excluding carboxylic acids is 1. The number of aromatic nitrogens is 4. The van der Waals surface area contributed by atoms with E-state index in [1.807, 2.05) is 42.8 Å². The predicted octanol–water partition coefficient (Wildman–Crippen LogP) is 3.48. The first-order valence-electron chi connectivity index (χ1n) is 8.83. The molecular weight excluding hydrogens is 338 g/mol. The van der Waals surface area contributed by atoms with Crippen LogP contribution in [0.5, 0.6) is 0 Å². The van der Waals surface area contributed by atoms with Crippen LogP contribution in [0.2, 0.25) is 0 Å². The Kier molecular flexibility index (Phi) is 4.03. The van der Waals surface area contributed by atoms with Crippen molar-refractivity contribution in [2.75, 3.05) is 5.73 Å². The quantitative estimate of drug-likeness (QED) is 0.607. The van der Waals surface area contributed by atoms with Crippen LogP contribution in [-0.2, 0) is 6.54 Å². The van der Waals surface area contributed by atoms with Crippen LogP contribution in [0, 0.1) is 20.8 Å². The highest BCUT2D eigenvalue weighted by Crippen LogP contribution is 2.23. The van der Waals surface area contributed by atoms with E-state index >= 15 is 0 Å². The SMILES string of the molecule is Cc1ccc(Cn2nc(C)c(C(=O)n3nc(N)c4ccccc43)c2C)cc1. The van der Waals surface area contributed by atoms with E-state index in [9.17, 15) is 4.79 Å². The van der Waals surface area contributed by atoms with Gasteiger partial charge in [-0.3, -0.25) is 9.48 Å². The van der Waals surface area contributed by atoms with Gasteiger partial charge < -0.3 is 5.73 Å². The van der Waals surface area contributed by atoms with E-state index in [4.69, 9.17) is 5.73 Å². The molecule has 6 heteroatoms. The second kappa shape index (κ2) is 6.39. The molecule has 0 amide bonds. The average molecular weight is 359 g/mol. The zero-order valence-corrected chi connectivity index (χ0v) is 15.6. The van der Waals surface area contributed by atoms with Crippen LogP contribution < -0.4 is 5.73 Å². The molecule has 0 spiro atoms. The van der Waals surface area contributed by atoms with Gasteiger partial charge >= 0.3 is 0 Å². The lowest BCUT2D eigenvalue weighted by atomic mass is 10.1. The Balaban J connectivity index is 1.74. The summed E-state index contributed by atoms with van der Waals surface area (Å²) >= 11 is 0. The van der Waals surface area contributed by atoms with Crippen molar-refractivity contribution in [3.63, 3.8) is 0 Å². The summed E-state index contributed by atoms with van der Waals surface area (Å²) in [6.07, 6.45) is 0. The largest absolute Gasteiger partial charge is 0.382 e. The predicted molar refractivity (Wildman–Crippen MR) is 106 cm³/mol. The molecule has 4 rings (SSSR count). The number of carbonyl (C=O) groups is 1. The first-order valence-corrected chi connectivity index (χ1v) is 8.83. The number of benzene rings is 2. The summed E-state index contributed by atoms with van der Waals surface area (Å²) in [5.74, 6) is 0.134. The van der Waals surface area contributed by atoms with Crippen LogP contribution in [0.3, 0.4) is 0 Å². The number of aryl methyl sites for hydroxylation is 2. The molecule has 136 valence electrons. The average Bonchev–Trinajstić information content (AvgIpc) is 3.14. The van der Waals surface area contributed by atoms with Crippen LogP contribution in [0.15, 0.2) is 48.5 Å². The number of anilines is 1. The molecule has 0 atom stereocenters. The normalized spacial score (nSPS) is 11.2. The molecular formula is C21H21N5O. The van der Waals surface area contributed by atoms with Gasteiger partial charge in [-0.1, -0.05) is 42.0 Å². The molecule has 0 unspecified atom stereocenters. The molecule has 0 saturated heterocycles. The summed E-state index contributed by atoms with van der Waals surface area (Å²) < 4.78 is 3.24. The van der Waals surface area contributed by atoms with Crippen LogP contribution in [0.4, 0.5) is 5.82 Å². The zero-order valence-electron chi connectivity index (χ0n) is 15.6. The molecule has 2 aromatic heterocycles. The van der Waals surface area contributed by atoms with Crippen LogP contribution in [0.1, 0.15) is 32.9 Å². The molecule has 0 aliphatic carbocycles. The lowest BCUT2D eigenvalue weighted by Crippen LogP contribution is -2.16. The molecule has 2 N–H and O–H groups in total. The standard InChI is InChI=1S/C21H21N5O/c1-13-8-10-16(11-9-13)12-25-15(3)19(14(2)23-25)21(27)26-18-7-5-4-6-17(18)20(22)24-26/h4-11H,12H2,1-3H3,(H2,22,24). The molecule has 0 fully saturated rings. The van der Waals surface area contributed by atoms with E-state index in [2.05, 4.69) is 41.4 Å². The van der Waals surface area contributed by atoms with Crippen molar-refractivity contribution in [3.05, 3.63) is 76.6 Å². The van der Waals surface area contributed by atoms with E-state index in [0.717, 1.165) is 16.6 Å². The van der Waals surface area contributed by atoms with Gasteiger partial charge in [0.15, 0.2) is 5.82 Å². The smallest absolute Gasteiger partial charge is 0.282 e. The van der Waals surface area contributed by atoms with Crippen molar-refractivity contribution in [1.29, 1.82) is 0 Å². The topological polar surface area (TPSA) is 78.7 Å². The van der Waals surface area contributed by atoms with Crippen molar-refractivity contribution >= 4 is 22.6 Å². The van der Waals surface area contributed by atoms with Crippen LogP contribution in [0.25, 0.3) is 10.9 Å². The highest BCUT2D eigenvalue weighted by molar-refractivity contribution is 6.04. The molecule has 0 saturated carbocycles. The van der Waals surface area contributed by atoms with Crippen molar-refractivity contribution in [2.45, 2.75) is 27.3 Å². The fourth-order valence-corrected chi connectivity index (χ4v) is 3.38. The van der Waals surface area contributed by atoms with Gasteiger partial charge in [0, 0.05) is 11.1 Å². The second-order valence-electron chi connectivity index (χ2n) is 6.81. The van der Waals surface area contributed by atoms with Crippen molar-refractivity contribution in [2.24, 2.45) is 0 Å². The fourth-order valence-electron chi connectivity index (χ4n) is 3.38. The summed E-state index contributed by atoms with van der Waals surface area (Å²) in [7, 11) is 0. The third-order valence-electron chi connectivity index (χ3n) is 4.86. The van der Waals surface area contributed by atoms with Crippen molar-refractivity contribution in [1.82, 2.24) is 19.6 Å². The molecule has 2 aromatic carbocycles. The number of hydrogen-bond donors (Lipinski definition) is 1. The monoisotopic (exact) mass is 359 g/mol.